The van der Waals surface area contributed by atoms with Crippen LogP contribution in [0.3, 0.4) is 0 Å². The first-order valence-electron chi connectivity index (χ1n) is 12.3. The molecule has 0 N–H and O–H groups in total. The molecule has 2 aromatic heterocycles. The van der Waals surface area contributed by atoms with E-state index in [4.69, 9.17) is 31.5 Å². The van der Waals surface area contributed by atoms with Crippen molar-refractivity contribution in [2.45, 2.75) is 51.2 Å². The lowest BCUT2D eigenvalue weighted by Gasteiger charge is -2.59. The molecule has 34 heavy (non-hydrogen) atoms. The molecule has 7 nitrogen and oxygen atoms in total. The first-order valence-corrected chi connectivity index (χ1v) is 12.7. The van der Waals surface area contributed by atoms with Gasteiger partial charge in [-0.2, -0.15) is 0 Å². The zero-order chi connectivity index (χ0) is 22.9. The van der Waals surface area contributed by atoms with Crippen LogP contribution in [0, 0.1) is 12.3 Å². The van der Waals surface area contributed by atoms with Crippen LogP contribution in [0.15, 0.2) is 36.4 Å². The number of hydrogen-bond acceptors (Lipinski definition) is 6. The lowest BCUT2D eigenvalue weighted by atomic mass is 9.57. The van der Waals surface area contributed by atoms with Crippen LogP contribution in [0.5, 0.6) is 0 Å². The van der Waals surface area contributed by atoms with E-state index in [9.17, 15) is 0 Å². The molecule has 1 spiro atoms. The van der Waals surface area contributed by atoms with Crippen LogP contribution in [0.4, 0.5) is 5.82 Å². The van der Waals surface area contributed by atoms with Gasteiger partial charge < -0.3 is 9.64 Å². The molecule has 3 aliphatic heterocycles. The van der Waals surface area contributed by atoms with Crippen molar-refractivity contribution in [1.82, 2.24) is 24.6 Å². The minimum atomic E-state index is 0.392. The first kappa shape index (κ1) is 20.9. The zero-order valence-corrected chi connectivity index (χ0v) is 20.2. The van der Waals surface area contributed by atoms with Crippen LogP contribution in [-0.4, -0.2) is 57.0 Å². The van der Waals surface area contributed by atoms with Crippen molar-refractivity contribution in [2.75, 3.05) is 31.2 Å². The van der Waals surface area contributed by atoms with Crippen LogP contribution in [0.25, 0.3) is 5.69 Å². The van der Waals surface area contributed by atoms with Gasteiger partial charge in [-0.15, -0.1) is 10.2 Å². The van der Waals surface area contributed by atoms with E-state index < -0.39 is 0 Å². The van der Waals surface area contributed by atoms with Crippen molar-refractivity contribution in [1.29, 1.82) is 0 Å². The highest BCUT2D eigenvalue weighted by Gasteiger charge is 2.54. The monoisotopic (exact) mass is 476 g/mol. The largest absolute Gasteiger partial charge is 0.380 e. The van der Waals surface area contributed by atoms with Crippen LogP contribution in [0.1, 0.15) is 48.1 Å². The smallest absolute Gasteiger partial charge is 0.151 e. The number of hydrogen-bond donors (Lipinski definition) is 0. The first-order chi connectivity index (χ1) is 16.6. The van der Waals surface area contributed by atoms with Crippen LogP contribution in [0.2, 0.25) is 5.02 Å². The molecule has 4 aliphatic rings. The third-order valence-corrected chi connectivity index (χ3v) is 8.39. The molecule has 7 rings (SSSR count). The van der Waals surface area contributed by atoms with E-state index in [1.165, 1.54) is 11.3 Å². The molecule has 3 fully saturated rings. The molecule has 3 aromatic rings. The molecule has 1 atom stereocenters. The molecule has 8 heteroatoms. The standard InChI is InChI=1S/C26H29ClN6O/c1-17-3-2-4-23(28-17)32-15-26(16-32)10-19(11-26)25-30-29-24-13-31(21-7-8-34-14-21)12-18-9-20(27)5-6-22(18)33(24)25/h2-6,9,19,21H,7-8,10-16H2,1H3/t21-/m1/s1. The third kappa shape index (κ3) is 3.36. The van der Waals surface area contributed by atoms with E-state index in [0.717, 1.165) is 86.8 Å². The van der Waals surface area contributed by atoms with Crippen LogP contribution >= 0.6 is 11.6 Å². The number of ether oxygens (including phenoxy) is 1. The van der Waals surface area contributed by atoms with Gasteiger partial charge in [-0.05, 0) is 62.1 Å². The highest BCUT2D eigenvalue weighted by molar-refractivity contribution is 6.30. The van der Waals surface area contributed by atoms with E-state index in [0.29, 0.717) is 17.4 Å². The van der Waals surface area contributed by atoms with E-state index in [1.54, 1.807) is 0 Å². The number of aryl methyl sites for hydroxylation is 1. The Labute approximate surface area is 204 Å². The average molecular weight is 477 g/mol. The molecule has 1 saturated carbocycles. The molecular weight excluding hydrogens is 448 g/mol. The Kier molecular flexibility index (Phi) is 4.76. The van der Waals surface area contributed by atoms with Crippen molar-refractivity contribution in [3.63, 3.8) is 0 Å². The highest BCUT2D eigenvalue weighted by Crippen LogP contribution is 2.56. The van der Waals surface area contributed by atoms with Crippen LogP contribution in [-0.2, 0) is 17.8 Å². The second-order valence-corrected chi connectivity index (χ2v) is 11.0. The fraction of sp³-hybridized carbons (Fsp3) is 0.500. The maximum atomic E-state index is 6.42. The summed E-state index contributed by atoms with van der Waals surface area (Å²) in [5, 5.41) is 10.2. The minimum absolute atomic E-state index is 0.392. The number of benzene rings is 1. The average Bonchev–Trinajstić information content (AvgIpc) is 3.40. The van der Waals surface area contributed by atoms with Gasteiger partial charge in [0.15, 0.2) is 5.82 Å². The zero-order valence-electron chi connectivity index (χ0n) is 19.5. The number of rotatable bonds is 3. The quantitative estimate of drug-likeness (QED) is 0.567. The van der Waals surface area contributed by atoms with Crippen molar-refractivity contribution in [2.24, 2.45) is 5.41 Å². The van der Waals surface area contributed by atoms with Gasteiger partial charge in [-0.3, -0.25) is 9.47 Å². The fourth-order valence-corrected chi connectivity index (χ4v) is 6.63. The van der Waals surface area contributed by atoms with Gasteiger partial charge in [-0.25, -0.2) is 4.98 Å². The molecule has 0 radical (unpaired) electrons. The Balaban J connectivity index is 1.14. The van der Waals surface area contributed by atoms with Gasteiger partial charge in [0.25, 0.3) is 0 Å². The Morgan fingerprint density at radius 2 is 1.97 bits per heavy atom. The Morgan fingerprint density at radius 1 is 1.09 bits per heavy atom. The lowest BCUT2D eigenvalue weighted by molar-refractivity contribution is 0.0581. The van der Waals surface area contributed by atoms with Crippen LogP contribution < -0.4 is 4.90 Å². The van der Waals surface area contributed by atoms with Gasteiger partial charge in [0.05, 0.1) is 18.8 Å². The number of pyridine rings is 1. The van der Waals surface area contributed by atoms with E-state index in [1.807, 2.05) is 6.07 Å². The van der Waals surface area contributed by atoms with E-state index in [2.05, 4.69) is 51.6 Å². The summed E-state index contributed by atoms with van der Waals surface area (Å²) in [6.07, 6.45) is 3.39. The van der Waals surface area contributed by atoms with Crippen molar-refractivity contribution >= 4 is 17.4 Å². The van der Waals surface area contributed by atoms with Gasteiger partial charge in [0, 0.05) is 54.3 Å². The summed E-state index contributed by atoms with van der Waals surface area (Å²) in [6, 6.07) is 12.9. The molecule has 5 heterocycles. The van der Waals surface area contributed by atoms with Crippen molar-refractivity contribution in [3.05, 3.63) is 64.3 Å². The molecule has 1 aliphatic carbocycles. The minimum Gasteiger partial charge on any atom is -0.380 e. The summed E-state index contributed by atoms with van der Waals surface area (Å²) < 4.78 is 8.02. The second kappa shape index (κ2) is 7.77. The predicted octanol–water partition coefficient (Wildman–Crippen LogP) is 4.11. The van der Waals surface area contributed by atoms with E-state index >= 15 is 0 Å². The van der Waals surface area contributed by atoms with Gasteiger partial charge in [0.1, 0.15) is 11.6 Å². The number of aromatic nitrogens is 4. The molecule has 2 saturated heterocycles. The van der Waals surface area contributed by atoms with Gasteiger partial charge in [0.2, 0.25) is 0 Å². The fourth-order valence-electron chi connectivity index (χ4n) is 6.44. The number of anilines is 1. The molecule has 176 valence electrons. The number of nitrogens with zero attached hydrogens (tertiary/aromatic N) is 6. The molecule has 0 amide bonds. The maximum absolute atomic E-state index is 6.42. The van der Waals surface area contributed by atoms with Crippen molar-refractivity contribution < 1.29 is 4.74 Å². The van der Waals surface area contributed by atoms with E-state index in [-0.39, 0.29) is 0 Å². The third-order valence-electron chi connectivity index (χ3n) is 8.15. The Hall–Kier alpha value is -2.48. The summed E-state index contributed by atoms with van der Waals surface area (Å²) in [7, 11) is 0. The molecule has 0 unspecified atom stereocenters. The Bertz CT molecular complexity index is 1240. The summed E-state index contributed by atoms with van der Waals surface area (Å²) >= 11 is 6.42. The SMILES string of the molecule is Cc1cccc(N2CC3(CC(c4nnc5n4-c4ccc(Cl)cc4CN([C@@H]4CCOC4)C5)C3)C2)n1. The topological polar surface area (TPSA) is 59.3 Å². The van der Waals surface area contributed by atoms with Crippen molar-refractivity contribution in [3.8, 4) is 5.69 Å². The maximum Gasteiger partial charge on any atom is 0.151 e. The highest BCUT2D eigenvalue weighted by atomic mass is 35.5. The molecule has 0 bridgehead atoms. The summed E-state index contributed by atoms with van der Waals surface area (Å²) in [5.74, 6) is 3.69. The lowest BCUT2D eigenvalue weighted by Crippen LogP contribution is -2.62. The van der Waals surface area contributed by atoms with Gasteiger partial charge >= 0.3 is 0 Å². The molecular formula is C26H29ClN6O. The normalized spacial score (nSPS) is 23.8. The molecule has 1 aromatic carbocycles. The summed E-state index contributed by atoms with van der Waals surface area (Å²) in [6.45, 7) is 7.50. The summed E-state index contributed by atoms with van der Waals surface area (Å²) in [5.41, 5.74) is 3.89. The Morgan fingerprint density at radius 3 is 2.76 bits per heavy atom. The number of halogens is 1. The predicted molar refractivity (Wildman–Crippen MR) is 130 cm³/mol. The second-order valence-electron chi connectivity index (χ2n) is 10.6. The van der Waals surface area contributed by atoms with Gasteiger partial charge in [-0.1, -0.05) is 17.7 Å². The summed E-state index contributed by atoms with van der Waals surface area (Å²) in [4.78, 5) is 9.60. The number of fused-ring (bicyclic) bond motifs is 3.